The summed E-state index contributed by atoms with van der Waals surface area (Å²) in [5.41, 5.74) is 3.23. The van der Waals surface area contributed by atoms with Crippen molar-refractivity contribution in [3.63, 3.8) is 0 Å². The Morgan fingerprint density at radius 1 is 1.35 bits per heavy atom. The third-order valence-corrected chi connectivity index (χ3v) is 5.93. The van der Waals surface area contributed by atoms with Crippen molar-refractivity contribution in [3.05, 3.63) is 49.6 Å². The van der Waals surface area contributed by atoms with Gasteiger partial charge < -0.3 is 15.0 Å². The van der Waals surface area contributed by atoms with Gasteiger partial charge in [0.1, 0.15) is 5.75 Å². The van der Waals surface area contributed by atoms with Gasteiger partial charge in [0.2, 0.25) is 5.91 Å². The Hall–Kier alpha value is -1.86. The van der Waals surface area contributed by atoms with Crippen LogP contribution in [0.15, 0.2) is 28.1 Å². The Kier molecular flexibility index (Phi) is 5.67. The molecule has 0 fully saturated rings. The number of likely N-dealkylation sites (N-methyl/N-ethyl adjacent to an activating group) is 1. The SMILES string of the molecule is Cc1cc(C)c2c(c1)C(NC(=O)CN(C)C(=O)c1ccc(Br)s1)CCO2. The van der Waals surface area contributed by atoms with E-state index in [9.17, 15) is 9.59 Å². The van der Waals surface area contributed by atoms with Crippen molar-refractivity contribution < 1.29 is 14.3 Å². The number of carbonyl (C=O) groups is 2. The van der Waals surface area contributed by atoms with Crippen LogP contribution in [-0.2, 0) is 4.79 Å². The topological polar surface area (TPSA) is 58.6 Å². The number of hydrogen-bond donors (Lipinski definition) is 1. The first kappa shape index (κ1) is 18.9. The lowest BCUT2D eigenvalue weighted by molar-refractivity contribution is -0.122. The van der Waals surface area contributed by atoms with E-state index in [1.165, 1.54) is 16.2 Å². The van der Waals surface area contributed by atoms with Crippen LogP contribution in [0.2, 0.25) is 0 Å². The van der Waals surface area contributed by atoms with Crippen LogP contribution in [0.25, 0.3) is 0 Å². The van der Waals surface area contributed by atoms with E-state index >= 15 is 0 Å². The molecule has 0 aliphatic carbocycles. The number of carbonyl (C=O) groups excluding carboxylic acids is 2. The van der Waals surface area contributed by atoms with E-state index < -0.39 is 0 Å². The summed E-state index contributed by atoms with van der Waals surface area (Å²) in [6.07, 6.45) is 0.719. The molecule has 26 heavy (non-hydrogen) atoms. The number of amides is 2. The molecule has 2 aromatic rings. The third-order valence-electron chi connectivity index (χ3n) is 4.32. The summed E-state index contributed by atoms with van der Waals surface area (Å²) < 4.78 is 6.67. The number of fused-ring (bicyclic) bond motifs is 1. The zero-order valence-corrected chi connectivity index (χ0v) is 17.4. The molecule has 1 unspecified atom stereocenters. The number of rotatable bonds is 4. The van der Waals surface area contributed by atoms with Crippen LogP contribution in [0.1, 0.15) is 38.8 Å². The van der Waals surface area contributed by atoms with E-state index in [0.717, 1.165) is 32.6 Å². The average Bonchev–Trinajstić information content (AvgIpc) is 3.01. The second kappa shape index (κ2) is 7.80. The summed E-state index contributed by atoms with van der Waals surface area (Å²) in [5.74, 6) is 0.531. The molecule has 138 valence electrons. The largest absolute Gasteiger partial charge is 0.493 e. The standard InChI is InChI=1S/C19H21BrN2O3S/c1-11-8-12(2)18-13(9-11)14(6-7-25-18)21-17(23)10-22(3)19(24)15-4-5-16(20)26-15/h4-5,8-9,14H,6-7,10H2,1-3H3,(H,21,23). The second-order valence-electron chi connectivity index (χ2n) is 6.52. The highest BCUT2D eigenvalue weighted by molar-refractivity contribution is 9.11. The molecule has 7 heteroatoms. The highest BCUT2D eigenvalue weighted by Gasteiger charge is 2.25. The Morgan fingerprint density at radius 2 is 2.12 bits per heavy atom. The van der Waals surface area contributed by atoms with Crippen LogP contribution in [0, 0.1) is 13.8 Å². The maximum absolute atomic E-state index is 12.5. The van der Waals surface area contributed by atoms with Gasteiger partial charge in [0, 0.05) is 19.0 Å². The number of halogens is 1. The van der Waals surface area contributed by atoms with Crippen LogP contribution in [-0.4, -0.2) is 36.9 Å². The minimum absolute atomic E-state index is 0.0197. The quantitative estimate of drug-likeness (QED) is 0.791. The molecule has 1 aromatic heterocycles. The maximum atomic E-state index is 12.5. The molecule has 1 atom stereocenters. The molecular formula is C19H21BrN2O3S. The molecule has 0 bridgehead atoms. The number of aryl methyl sites for hydroxylation is 2. The summed E-state index contributed by atoms with van der Waals surface area (Å²) in [6.45, 7) is 4.64. The number of benzene rings is 1. The van der Waals surface area contributed by atoms with Gasteiger partial charge in [-0.1, -0.05) is 17.7 Å². The van der Waals surface area contributed by atoms with Gasteiger partial charge in [0.15, 0.2) is 0 Å². The summed E-state index contributed by atoms with van der Waals surface area (Å²) in [4.78, 5) is 26.9. The van der Waals surface area contributed by atoms with E-state index in [-0.39, 0.29) is 24.4 Å². The van der Waals surface area contributed by atoms with Crippen molar-refractivity contribution >= 4 is 39.1 Å². The molecule has 5 nitrogen and oxygen atoms in total. The van der Waals surface area contributed by atoms with Crippen molar-refractivity contribution in [3.8, 4) is 5.75 Å². The zero-order chi connectivity index (χ0) is 18.8. The molecular weight excluding hydrogens is 416 g/mol. The molecule has 0 saturated heterocycles. The summed E-state index contributed by atoms with van der Waals surface area (Å²) >= 11 is 4.71. The Morgan fingerprint density at radius 3 is 2.81 bits per heavy atom. The molecule has 0 saturated carbocycles. The van der Waals surface area contributed by atoms with Gasteiger partial charge in [-0.15, -0.1) is 11.3 Å². The fraction of sp³-hybridized carbons (Fsp3) is 0.368. The maximum Gasteiger partial charge on any atom is 0.264 e. The van der Waals surface area contributed by atoms with Crippen molar-refractivity contribution in [1.82, 2.24) is 10.2 Å². The summed E-state index contributed by atoms with van der Waals surface area (Å²) in [6, 6.07) is 7.63. The fourth-order valence-corrected chi connectivity index (χ4v) is 4.55. The smallest absolute Gasteiger partial charge is 0.264 e. The fourth-order valence-electron chi connectivity index (χ4n) is 3.17. The number of nitrogens with zero attached hydrogens (tertiary/aromatic N) is 1. The molecule has 1 aliphatic heterocycles. The van der Waals surface area contributed by atoms with Gasteiger partial charge in [-0.3, -0.25) is 9.59 Å². The van der Waals surface area contributed by atoms with E-state index in [2.05, 4.69) is 33.4 Å². The van der Waals surface area contributed by atoms with Crippen LogP contribution in [0.4, 0.5) is 0 Å². The van der Waals surface area contributed by atoms with Gasteiger partial charge in [0.05, 0.1) is 27.9 Å². The van der Waals surface area contributed by atoms with Crippen LogP contribution in [0.3, 0.4) is 0 Å². The van der Waals surface area contributed by atoms with Crippen LogP contribution >= 0.6 is 27.3 Å². The molecule has 1 aliphatic rings. The molecule has 1 aromatic carbocycles. The van der Waals surface area contributed by atoms with E-state index in [1.54, 1.807) is 13.1 Å². The Balaban J connectivity index is 1.67. The predicted octanol–water partition coefficient (Wildman–Crippen LogP) is 3.84. The Bertz CT molecular complexity index is 849. The van der Waals surface area contributed by atoms with E-state index in [0.29, 0.717) is 11.5 Å². The van der Waals surface area contributed by atoms with Crippen molar-refractivity contribution in [2.24, 2.45) is 0 Å². The highest BCUT2D eigenvalue weighted by Crippen LogP contribution is 2.35. The predicted molar refractivity (Wildman–Crippen MR) is 106 cm³/mol. The third kappa shape index (κ3) is 4.10. The lowest BCUT2D eigenvalue weighted by atomic mass is 9.95. The van der Waals surface area contributed by atoms with Crippen molar-refractivity contribution in [2.75, 3.05) is 20.2 Å². The first-order valence-electron chi connectivity index (χ1n) is 8.39. The number of hydrogen-bond acceptors (Lipinski definition) is 4. The second-order valence-corrected chi connectivity index (χ2v) is 8.99. The van der Waals surface area contributed by atoms with E-state index in [1.807, 2.05) is 19.9 Å². The highest BCUT2D eigenvalue weighted by atomic mass is 79.9. The Labute approximate surface area is 165 Å². The lowest BCUT2D eigenvalue weighted by Gasteiger charge is -2.29. The molecule has 1 N–H and O–H groups in total. The minimum atomic E-state index is -0.173. The molecule has 0 radical (unpaired) electrons. The molecule has 2 amide bonds. The molecule has 2 heterocycles. The number of nitrogens with one attached hydrogen (secondary N) is 1. The lowest BCUT2D eigenvalue weighted by Crippen LogP contribution is -2.40. The van der Waals surface area contributed by atoms with Gasteiger partial charge in [-0.25, -0.2) is 0 Å². The van der Waals surface area contributed by atoms with E-state index in [4.69, 9.17) is 4.74 Å². The van der Waals surface area contributed by atoms with Gasteiger partial charge in [-0.05, 0) is 47.5 Å². The molecule has 3 rings (SSSR count). The number of thiophene rings is 1. The van der Waals surface area contributed by atoms with Gasteiger partial charge >= 0.3 is 0 Å². The van der Waals surface area contributed by atoms with Gasteiger partial charge in [-0.2, -0.15) is 0 Å². The number of ether oxygens (including phenoxy) is 1. The first-order chi connectivity index (χ1) is 12.3. The first-order valence-corrected chi connectivity index (χ1v) is 10.00. The zero-order valence-electron chi connectivity index (χ0n) is 15.0. The average molecular weight is 437 g/mol. The van der Waals surface area contributed by atoms with Crippen LogP contribution in [0.5, 0.6) is 5.75 Å². The monoisotopic (exact) mass is 436 g/mol. The van der Waals surface area contributed by atoms with Crippen molar-refractivity contribution in [2.45, 2.75) is 26.3 Å². The summed E-state index contributed by atoms with van der Waals surface area (Å²) in [7, 11) is 1.64. The minimum Gasteiger partial charge on any atom is -0.493 e. The molecule has 0 spiro atoms. The normalized spacial score (nSPS) is 15.8. The van der Waals surface area contributed by atoms with Crippen LogP contribution < -0.4 is 10.1 Å². The van der Waals surface area contributed by atoms with Crippen molar-refractivity contribution in [1.29, 1.82) is 0 Å². The summed E-state index contributed by atoms with van der Waals surface area (Å²) in [5, 5.41) is 3.05. The van der Waals surface area contributed by atoms with Gasteiger partial charge in [0.25, 0.3) is 5.91 Å².